The van der Waals surface area contributed by atoms with Gasteiger partial charge in [-0.3, -0.25) is 9.78 Å². The topological polar surface area (TPSA) is 60.9 Å². The number of likely N-dealkylation sites (tertiary alicyclic amines) is 1. The minimum Gasteiger partial charge on any atom is -0.364 e. The van der Waals surface area contributed by atoms with Gasteiger partial charge in [0.25, 0.3) is 5.91 Å². The first-order chi connectivity index (χ1) is 13.0. The number of pyridine rings is 1. The molecule has 1 saturated carbocycles. The number of β-lactam (4-membered cyclic amide) rings is 1. The van der Waals surface area contributed by atoms with Gasteiger partial charge in [-0.2, -0.15) is 0 Å². The zero-order valence-corrected chi connectivity index (χ0v) is 17.0. The molecule has 0 bridgehead atoms. The lowest BCUT2D eigenvalue weighted by molar-refractivity contribution is -0.230. The highest BCUT2D eigenvalue weighted by Gasteiger charge is 2.60. The normalized spacial score (nSPS) is 25.0. The minimum atomic E-state index is -0.928. The number of ether oxygens (including phenoxy) is 3. The van der Waals surface area contributed by atoms with E-state index in [9.17, 15) is 4.79 Å². The molecule has 1 saturated heterocycles. The van der Waals surface area contributed by atoms with E-state index in [-0.39, 0.29) is 25.5 Å². The number of aryl methyl sites for hydroxylation is 2. The molecule has 0 radical (unpaired) electrons. The van der Waals surface area contributed by atoms with Crippen molar-refractivity contribution in [1.29, 1.82) is 0 Å². The highest BCUT2D eigenvalue weighted by Crippen LogP contribution is 2.38. The average Bonchev–Trinajstić information content (AvgIpc) is 3.49. The number of hydrogen-bond acceptors (Lipinski definition) is 5. The third kappa shape index (κ3) is 4.33. The summed E-state index contributed by atoms with van der Waals surface area (Å²) < 4.78 is 16.1. The average molecular weight is 376 g/mol. The van der Waals surface area contributed by atoms with Gasteiger partial charge in [-0.05, 0) is 49.8 Å². The number of nitrogens with zero attached hydrogens (tertiary/aromatic N) is 2. The molecule has 2 atom stereocenters. The zero-order chi connectivity index (χ0) is 19.4. The second kappa shape index (κ2) is 8.67. The van der Waals surface area contributed by atoms with Crippen molar-refractivity contribution < 1.29 is 19.0 Å². The molecule has 1 amide bonds. The van der Waals surface area contributed by atoms with Crippen LogP contribution in [-0.2, 0) is 31.8 Å². The lowest BCUT2D eigenvalue weighted by Crippen LogP contribution is -2.75. The molecule has 1 aromatic rings. The molecule has 6 nitrogen and oxygen atoms in total. The van der Waals surface area contributed by atoms with Crippen LogP contribution in [0.15, 0.2) is 12.3 Å². The Morgan fingerprint density at radius 3 is 2.70 bits per heavy atom. The SMILES string of the molecule is COCO[C@@]1(Cc2cc(CCCC3CC3)c(C)cn2)C(=O)N(COC)[C@@H]1C. The van der Waals surface area contributed by atoms with E-state index in [1.165, 1.54) is 36.8 Å². The molecule has 1 aliphatic heterocycles. The highest BCUT2D eigenvalue weighted by atomic mass is 16.7. The first-order valence-electron chi connectivity index (χ1n) is 9.89. The molecular weight excluding hydrogens is 344 g/mol. The van der Waals surface area contributed by atoms with E-state index in [1.54, 1.807) is 19.1 Å². The summed E-state index contributed by atoms with van der Waals surface area (Å²) in [6.07, 6.45) is 8.79. The van der Waals surface area contributed by atoms with Crippen molar-refractivity contribution in [3.8, 4) is 0 Å². The van der Waals surface area contributed by atoms with E-state index in [1.807, 2.05) is 13.1 Å². The van der Waals surface area contributed by atoms with Gasteiger partial charge in [0.15, 0.2) is 5.60 Å². The van der Waals surface area contributed by atoms with Gasteiger partial charge in [0, 0.05) is 32.5 Å². The number of rotatable bonds is 11. The highest BCUT2D eigenvalue weighted by molar-refractivity contribution is 5.93. The van der Waals surface area contributed by atoms with E-state index in [0.717, 1.165) is 18.0 Å². The Balaban J connectivity index is 1.72. The van der Waals surface area contributed by atoms with Crippen LogP contribution < -0.4 is 0 Å². The van der Waals surface area contributed by atoms with Gasteiger partial charge in [0.05, 0.1) is 6.04 Å². The fourth-order valence-electron chi connectivity index (χ4n) is 3.95. The van der Waals surface area contributed by atoms with Gasteiger partial charge in [-0.1, -0.05) is 19.3 Å². The van der Waals surface area contributed by atoms with Crippen molar-refractivity contribution in [3.05, 3.63) is 29.1 Å². The first-order valence-corrected chi connectivity index (χ1v) is 9.89. The summed E-state index contributed by atoms with van der Waals surface area (Å²) in [4.78, 5) is 19.1. The lowest BCUT2D eigenvalue weighted by Gasteiger charge is -2.53. The maximum Gasteiger partial charge on any atom is 0.259 e. The molecule has 0 aromatic carbocycles. The van der Waals surface area contributed by atoms with E-state index < -0.39 is 5.60 Å². The summed E-state index contributed by atoms with van der Waals surface area (Å²) in [6.45, 7) is 4.45. The summed E-state index contributed by atoms with van der Waals surface area (Å²) in [6, 6.07) is 2.06. The Morgan fingerprint density at radius 1 is 1.30 bits per heavy atom. The van der Waals surface area contributed by atoms with Crippen molar-refractivity contribution in [3.63, 3.8) is 0 Å². The van der Waals surface area contributed by atoms with Crippen molar-refractivity contribution in [1.82, 2.24) is 9.88 Å². The van der Waals surface area contributed by atoms with Crippen LogP contribution in [0.2, 0.25) is 0 Å². The molecule has 2 heterocycles. The van der Waals surface area contributed by atoms with E-state index in [2.05, 4.69) is 18.0 Å². The Hall–Kier alpha value is -1.50. The largest absolute Gasteiger partial charge is 0.364 e. The third-order valence-corrected chi connectivity index (χ3v) is 5.94. The number of carbonyl (C=O) groups excluding carboxylic acids is 1. The smallest absolute Gasteiger partial charge is 0.259 e. The molecule has 1 aromatic heterocycles. The molecule has 0 unspecified atom stereocenters. The van der Waals surface area contributed by atoms with Gasteiger partial charge in [-0.15, -0.1) is 0 Å². The van der Waals surface area contributed by atoms with Crippen molar-refractivity contribution in [2.75, 3.05) is 27.7 Å². The summed E-state index contributed by atoms with van der Waals surface area (Å²) in [5.41, 5.74) is 2.52. The maximum atomic E-state index is 12.8. The van der Waals surface area contributed by atoms with Crippen molar-refractivity contribution in [2.24, 2.45) is 5.92 Å². The van der Waals surface area contributed by atoms with Crippen molar-refractivity contribution >= 4 is 5.91 Å². The van der Waals surface area contributed by atoms with E-state index in [4.69, 9.17) is 14.2 Å². The number of carbonyl (C=O) groups is 1. The second-order valence-corrected chi connectivity index (χ2v) is 7.92. The zero-order valence-electron chi connectivity index (χ0n) is 17.0. The lowest BCUT2D eigenvalue weighted by atomic mass is 9.79. The van der Waals surface area contributed by atoms with Gasteiger partial charge < -0.3 is 19.1 Å². The van der Waals surface area contributed by atoms with Gasteiger partial charge in [-0.25, -0.2) is 0 Å². The van der Waals surface area contributed by atoms with Crippen LogP contribution in [0.3, 0.4) is 0 Å². The summed E-state index contributed by atoms with van der Waals surface area (Å²) >= 11 is 0. The summed E-state index contributed by atoms with van der Waals surface area (Å²) in [5, 5.41) is 0. The second-order valence-electron chi connectivity index (χ2n) is 7.92. The number of methoxy groups -OCH3 is 2. The standard InChI is InChI=1S/C21H32N2O4/c1-15-12-22-19(10-18(15)7-5-6-17-8-9-17)11-21(27-14-26-4)16(2)23(13-25-3)20(21)24/h10,12,16-17H,5-9,11,13-14H2,1-4H3/t16-,21-/m1/s1. The van der Waals surface area contributed by atoms with Crippen LogP contribution in [-0.4, -0.2) is 55.2 Å². The van der Waals surface area contributed by atoms with Gasteiger partial charge >= 0.3 is 0 Å². The van der Waals surface area contributed by atoms with Crippen LogP contribution in [0, 0.1) is 12.8 Å². The number of hydrogen-bond donors (Lipinski definition) is 0. The fourth-order valence-corrected chi connectivity index (χ4v) is 3.95. The molecule has 27 heavy (non-hydrogen) atoms. The van der Waals surface area contributed by atoms with Crippen LogP contribution >= 0.6 is 0 Å². The Bertz CT molecular complexity index is 662. The summed E-state index contributed by atoms with van der Waals surface area (Å²) in [5.74, 6) is 0.893. The predicted molar refractivity (Wildman–Crippen MR) is 102 cm³/mol. The van der Waals surface area contributed by atoms with Gasteiger partial charge in [0.2, 0.25) is 0 Å². The quantitative estimate of drug-likeness (QED) is 0.439. The van der Waals surface area contributed by atoms with Crippen LogP contribution in [0.1, 0.15) is 49.4 Å². The Kier molecular flexibility index (Phi) is 6.50. The molecule has 2 fully saturated rings. The monoisotopic (exact) mass is 376 g/mol. The fraction of sp³-hybridized carbons (Fsp3) is 0.714. The number of amides is 1. The third-order valence-electron chi connectivity index (χ3n) is 5.94. The molecule has 0 N–H and O–H groups in total. The van der Waals surface area contributed by atoms with Crippen LogP contribution in [0.5, 0.6) is 0 Å². The minimum absolute atomic E-state index is 0.0634. The molecule has 0 spiro atoms. The number of aromatic nitrogens is 1. The summed E-state index contributed by atoms with van der Waals surface area (Å²) in [7, 11) is 3.15. The molecule has 6 heteroatoms. The Morgan fingerprint density at radius 2 is 2.07 bits per heavy atom. The van der Waals surface area contributed by atoms with Gasteiger partial charge in [0.1, 0.15) is 13.5 Å². The molecule has 1 aliphatic carbocycles. The predicted octanol–water partition coefficient (Wildman–Crippen LogP) is 2.86. The van der Waals surface area contributed by atoms with E-state index >= 15 is 0 Å². The molecule has 2 aliphatic rings. The van der Waals surface area contributed by atoms with Crippen molar-refractivity contribution in [2.45, 2.75) is 64.0 Å². The maximum absolute atomic E-state index is 12.8. The van der Waals surface area contributed by atoms with Crippen LogP contribution in [0.4, 0.5) is 0 Å². The molecular formula is C21H32N2O4. The van der Waals surface area contributed by atoms with Crippen LogP contribution in [0.25, 0.3) is 0 Å². The molecule has 3 rings (SSSR count). The van der Waals surface area contributed by atoms with E-state index in [0.29, 0.717) is 6.42 Å². The first kappa shape index (κ1) is 20.2. The Labute approximate surface area is 162 Å². The molecule has 150 valence electrons.